The molecule has 0 aromatic carbocycles. The number of hydrogen-bond acceptors (Lipinski definition) is 3. The summed E-state index contributed by atoms with van der Waals surface area (Å²) in [6, 6.07) is 3.61. The minimum atomic E-state index is 0. The highest BCUT2D eigenvalue weighted by atomic mass is 35.5. The van der Waals surface area contributed by atoms with Gasteiger partial charge in [-0.2, -0.15) is 0 Å². The van der Waals surface area contributed by atoms with Crippen LogP contribution < -0.4 is 5.73 Å². The summed E-state index contributed by atoms with van der Waals surface area (Å²) in [5, 5.41) is 7.81. The molecule has 0 unspecified atom stereocenters. The SMILES string of the molecule is Cc1nnc2cc(N)ccn12.Cl. The third-order valence-electron chi connectivity index (χ3n) is 1.60. The summed E-state index contributed by atoms with van der Waals surface area (Å²) >= 11 is 0. The van der Waals surface area contributed by atoms with E-state index in [1.54, 1.807) is 6.07 Å². The lowest BCUT2D eigenvalue weighted by atomic mass is 10.4. The fourth-order valence-corrected chi connectivity index (χ4v) is 1.03. The van der Waals surface area contributed by atoms with Gasteiger partial charge >= 0.3 is 0 Å². The third kappa shape index (κ3) is 1.21. The highest BCUT2D eigenvalue weighted by Crippen LogP contribution is 2.06. The van der Waals surface area contributed by atoms with Gasteiger partial charge in [0.1, 0.15) is 5.82 Å². The van der Waals surface area contributed by atoms with E-state index in [1.807, 2.05) is 23.6 Å². The van der Waals surface area contributed by atoms with E-state index in [1.165, 1.54) is 0 Å². The van der Waals surface area contributed by atoms with Crippen LogP contribution in [0.2, 0.25) is 0 Å². The molecule has 0 atom stereocenters. The van der Waals surface area contributed by atoms with E-state index in [2.05, 4.69) is 10.2 Å². The molecule has 4 nitrogen and oxygen atoms in total. The van der Waals surface area contributed by atoms with Crippen molar-refractivity contribution in [3.05, 3.63) is 24.2 Å². The Labute approximate surface area is 75.8 Å². The first-order chi connectivity index (χ1) is 5.27. The summed E-state index contributed by atoms with van der Waals surface area (Å²) in [5.41, 5.74) is 7.06. The molecular formula is C7H9ClN4. The molecule has 2 aromatic rings. The van der Waals surface area contributed by atoms with Gasteiger partial charge in [-0.1, -0.05) is 0 Å². The summed E-state index contributed by atoms with van der Waals surface area (Å²) in [5.74, 6) is 0.875. The molecule has 0 aliphatic carbocycles. The zero-order valence-electron chi connectivity index (χ0n) is 6.56. The summed E-state index contributed by atoms with van der Waals surface area (Å²) in [4.78, 5) is 0. The number of anilines is 1. The average Bonchev–Trinajstić information content (AvgIpc) is 2.32. The van der Waals surface area contributed by atoms with E-state index < -0.39 is 0 Å². The molecule has 2 N–H and O–H groups in total. The average molecular weight is 185 g/mol. The number of nitrogens with zero attached hydrogens (tertiary/aromatic N) is 3. The minimum absolute atomic E-state index is 0. The van der Waals surface area contributed by atoms with E-state index in [0.29, 0.717) is 5.69 Å². The zero-order chi connectivity index (χ0) is 7.84. The van der Waals surface area contributed by atoms with E-state index in [-0.39, 0.29) is 12.4 Å². The summed E-state index contributed by atoms with van der Waals surface area (Å²) < 4.78 is 1.89. The molecule has 0 saturated heterocycles. The molecule has 2 rings (SSSR count). The highest BCUT2D eigenvalue weighted by molar-refractivity contribution is 5.85. The van der Waals surface area contributed by atoms with Gasteiger partial charge in [-0.05, 0) is 13.0 Å². The van der Waals surface area contributed by atoms with Crippen molar-refractivity contribution < 1.29 is 0 Å². The lowest BCUT2D eigenvalue weighted by Gasteiger charge is -1.94. The number of nitrogens with two attached hydrogens (primary N) is 1. The number of aryl methyl sites for hydroxylation is 1. The van der Waals surface area contributed by atoms with Crippen molar-refractivity contribution in [2.24, 2.45) is 0 Å². The second-order valence-electron chi connectivity index (χ2n) is 2.44. The van der Waals surface area contributed by atoms with Gasteiger partial charge < -0.3 is 5.73 Å². The zero-order valence-corrected chi connectivity index (χ0v) is 7.38. The fourth-order valence-electron chi connectivity index (χ4n) is 1.03. The normalized spacial score (nSPS) is 9.75. The lowest BCUT2D eigenvalue weighted by Crippen LogP contribution is -1.90. The number of pyridine rings is 1. The Balaban J connectivity index is 0.000000720. The van der Waals surface area contributed by atoms with E-state index in [0.717, 1.165) is 11.5 Å². The Morgan fingerprint density at radius 1 is 1.42 bits per heavy atom. The molecule has 0 aliphatic heterocycles. The van der Waals surface area contributed by atoms with Crippen molar-refractivity contribution >= 4 is 23.7 Å². The summed E-state index contributed by atoms with van der Waals surface area (Å²) in [6.45, 7) is 1.90. The number of halogens is 1. The van der Waals surface area contributed by atoms with Gasteiger partial charge in [0, 0.05) is 18.0 Å². The Bertz CT molecular complexity index is 395. The van der Waals surface area contributed by atoms with E-state index in [4.69, 9.17) is 5.73 Å². The molecule has 0 aliphatic rings. The predicted octanol–water partition coefficient (Wildman–Crippen LogP) is 1.04. The van der Waals surface area contributed by atoms with E-state index >= 15 is 0 Å². The van der Waals surface area contributed by atoms with Crippen molar-refractivity contribution in [2.45, 2.75) is 6.92 Å². The van der Waals surface area contributed by atoms with Gasteiger partial charge in [0.2, 0.25) is 0 Å². The largest absolute Gasteiger partial charge is 0.399 e. The molecule has 2 aromatic heterocycles. The second kappa shape index (κ2) is 2.98. The van der Waals surface area contributed by atoms with E-state index in [9.17, 15) is 0 Å². The minimum Gasteiger partial charge on any atom is -0.399 e. The topological polar surface area (TPSA) is 56.2 Å². The van der Waals surface area contributed by atoms with Crippen LogP contribution in [-0.4, -0.2) is 14.6 Å². The van der Waals surface area contributed by atoms with Gasteiger partial charge in [0.15, 0.2) is 5.65 Å². The number of rotatable bonds is 0. The highest BCUT2D eigenvalue weighted by Gasteiger charge is 1.98. The Hall–Kier alpha value is -1.29. The van der Waals surface area contributed by atoms with Crippen LogP contribution >= 0.6 is 12.4 Å². The van der Waals surface area contributed by atoms with Crippen LogP contribution in [0.25, 0.3) is 5.65 Å². The van der Waals surface area contributed by atoms with Crippen LogP contribution in [0.15, 0.2) is 18.3 Å². The Morgan fingerprint density at radius 3 is 2.92 bits per heavy atom. The number of hydrogen-bond donors (Lipinski definition) is 1. The molecule has 64 valence electrons. The van der Waals surface area contributed by atoms with Crippen LogP contribution in [0.5, 0.6) is 0 Å². The quantitative estimate of drug-likeness (QED) is 0.666. The van der Waals surface area contributed by atoms with Gasteiger partial charge in [-0.25, -0.2) is 0 Å². The fraction of sp³-hybridized carbons (Fsp3) is 0.143. The first-order valence-electron chi connectivity index (χ1n) is 3.34. The van der Waals surface area contributed by atoms with Crippen molar-refractivity contribution in [3.63, 3.8) is 0 Å². The maximum Gasteiger partial charge on any atom is 0.162 e. The Kier molecular flexibility index (Phi) is 2.19. The van der Waals surface area contributed by atoms with Crippen LogP contribution in [0, 0.1) is 6.92 Å². The molecular weight excluding hydrogens is 176 g/mol. The summed E-state index contributed by atoms with van der Waals surface area (Å²) in [6.07, 6.45) is 1.86. The van der Waals surface area contributed by atoms with Gasteiger partial charge in [0.25, 0.3) is 0 Å². The molecule has 2 heterocycles. The van der Waals surface area contributed by atoms with Crippen LogP contribution in [0.4, 0.5) is 5.69 Å². The van der Waals surface area contributed by atoms with Gasteiger partial charge in [0.05, 0.1) is 0 Å². The standard InChI is InChI=1S/C7H8N4.ClH/c1-5-9-10-7-4-6(8)2-3-11(5)7;/h2-4H,8H2,1H3;1H. The second-order valence-corrected chi connectivity index (χ2v) is 2.44. The molecule has 0 radical (unpaired) electrons. The molecule has 0 saturated carbocycles. The van der Waals surface area contributed by atoms with Crippen molar-refractivity contribution in [1.82, 2.24) is 14.6 Å². The van der Waals surface area contributed by atoms with Crippen molar-refractivity contribution in [3.8, 4) is 0 Å². The first-order valence-corrected chi connectivity index (χ1v) is 3.34. The molecule has 0 spiro atoms. The number of fused-ring (bicyclic) bond motifs is 1. The van der Waals surface area contributed by atoms with Crippen molar-refractivity contribution in [2.75, 3.05) is 5.73 Å². The molecule has 0 fully saturated rings. The molecule has 12 heavy (non-hydrogen) atoms. The summed E-state index contributed by atoms with van der Waals surface area (Å²) in [7, 11) is 0. The van der Waals surface area contributed by atoms with Crippen LogP contribution in [0.1, 0.15) is 5.82 Å². The number of nitrogen functional groups attached to an aromatic ring is 1. The van der Waals surface area contributed by atoms with Gasteiger partial charge in [-0.3, -0.25) is 4.40 Å². The van der Waals surface area contributed by atoms with Crippen LogP contribution in [-0.2, 0) is 0 Å². The Morgan fingerprint density at radius 2 is 2.17 bits per heavy atom. The van der Waals surface area contributed by atoms with Crippen LogP contribution in [0.3, 0.4) is 0 Å². The maximum atomic E-state index is 5.55. The lowest BCUT2D eigenvalue weighted by molar-refractivity contribution is 1.01. The van der Waals surface area contributed by atoms with Crippen molar-refractivity contribution in [1.29, 1.82) is 0 Å². The number of aromatic nitrogens is 3. The maximum absolute atomic E-state index is 5.55. The predicted molar refractivity (Wildman–Crippen MR) is 49.4 cm³/mol. The molecule has 5 heteroatoms. The smallest absolute Gasteiger partial charge is 0.162 e. The monoisotopic (exact) mass is 184 g/mol. The van der Waals surface area contributed by atoms with Gasteiger partial charge in [-0.15, -0.1) is 22.6 Å². The molecule has 0 bridgehead atoms. The molecule has 0 amide bonds. The third-order valence-corrected chi connectivity index (χ3v) is 1.60. The first kappa shape index (κ1) is 8.80.